The highest BCUT2D eigenvalue weighted by atomic mass is 16.4. The SMILES string of the molecule is CN(C(=O)N[C@@H](CCC(N)=O)C(=O)O)C1CCCC1. The van der Waals surface area contributed by atoms with Gasteiger partial charge in [0.2, 0.25) is 5.91 Å². The van der Waals surface area contributed by atoms with Crippen molar-refractivity contribution in [3.63, 3.8) is 0 Å². The van der Waals surface area contributed by atoms with Crippen LogP contribution in [-0.4, -0.2) is 47.0 Å². The van der Waals surface area contributed by atoms with Crippen LogP contribution in [0.4, 0.5) is 4.79 Å². The maximum atomic E-state index is 11.9. The summed E-state index contributed by atoms with van der Waals surface area (Å²) >= 11 is 0. The summed E-state index contributed by atoms with van der Waals surface area (Å²) in [7, 11) is 1.66. The average molecular weight is 271 g/mol. The standard InChI is InChI=1S/C12H21N3O4/c1-15(8-4-2-3-5-8)12(19)14-9(11(17)18)6-7-10(13)16/h8-9H,2-7H2,1H3,(H2,13,16)(H,14,19)(H,17,18)/t9-/m0/s1. The van der Waals surface area contributed by atoms with E-state index in [2.05, 4.69) is 5.32 Å². The number of aliphatic carboxylic acids is 1. The number of hydrogen-bond acceptors (Lipinski definition) is 3. The molecule has 0 aliphatic heterocycles. The lowest BCUT2D eigenvalue weighted by Crippen LogP contribution is -2.49. The first-order chi connectivity index (χ1) is 8.91. The maximum Gasteiger partial charge on any atom is 0.326 e. The van der Waals surface area contributed by atoms with Crippen molar-refractivity contribution in [2.24, 2.45) is 5.73 Å². The van der Waals surface area contributed by atoms with Crippen molar-refractivity contribution in [2.75, 3.05) is 7.05 Å². The number of carboxylic acid groups (broad SMARTS) is 1. The first kappa shape index (κ1) is 15.3. The lowest BCUT2D eigenvalue weighted by molar-refractivity contribution is -0.139. The molecule has 0 aromatic rings. The van der Waals surface area contributed by atoms with Crippen LogP contribution in [0.1, 0.15) is 38.5 Å². The molecule has 0 radical (unpaired) electrons. The van der Waals surface area contributed by atoms with Gasteiger partial charge in [-0.3, -0.25) is 4.79 Å². The fourth-order valence-electron chi connectivity index (χ4n) is 2.25. The highest BCUT2D eigenvalue weighted by Gasteiger charge is 2.27. The predicted octanol–water partition coefficient (Wildman–Crippen LogP) is 0.289. The average Bonchev–Trinajstić information content (AvgIpc) is 2.86. The number of carbonyl (C=O) groups is 3. The van der Waals surface area contributed by atoms with Gasteiger partial charge in [-0.05, 0) is 19.3 Å². The Hall–Kier alpha value is -1.79. The van der Waals surface area contributed by atoms with Crippen LogP contribution in [-0.2, 0) is 9.59 Å². The molecule has 1 atom stereocenters. The summed E-state index contributed by atoms with van der Waals surface area (Å²) in [6.45, 7) is 0. The van der Waals surface area contributed by atoms with E-state index in [1.165, 1.54) is 0 Å². The summed E-state index contributed by atoms with van der Waals surface area (Å²) in [5.41, 5.74) is 4.98. The molecule has 0 saturated heterocycles. The molecule has 7 nitrogen and oxygen atoms in total. The molecular weight excluding hydrogens is 250 g/mol. The minimum Gasteiger partial charge on any atom is -0.480 e. The summed E-state index contributed by atoms with van der Waals surface area (Å²) < 4.78 is 0. The van der Waals surface area contributed by atoms with Crippen molar-refractivity contribution in [2.45, 2.75) is 50.6 Å². The number of nitrogens with one attached hydrogen (secondary N) is 1. The lowest BCUT2D eigenvalue weighted by Gasteiger charge is -2.26. The molecule has 1 rings (SSSR count). The molecule has 4 N–H and O–H groups in total. The van der Waals surface area contributed by atoms with Crippen LogP contribution < -0.4 is 11.1 Å². The molecule has 1 saturated carbocycles. The Bertz CT molecular complexity index is 353. The number of urea groups is 1. The minimum absolute atomic E-state index is 0.00884. The van der Waals surface area contributed by atoms with E-state index in [0.717, 1.165) is 25.7 Å². The van der Waals surface area contributed by atoms with Crippen molar-refractivity contribution in [1.29, 1.82) is 0 Å². The molecular formula is C12H21N3O4. The van der Waals surface area contributed by atoms with Crippen molar-refractivity contribution in [1.82, 2.24) is 10.2 Å². The third-order valence-corrected chi connectivity index (χ3v) is 3.47. The number of carboxylic acids is 1. The van der Waals surface area contributed by atoms with Gasteiger partial charge in [-0.2, -0.15) is 0 Å². The number of hydrogen-bond donors (Lipinski definition) is 3. The molecule has 0 heterocycles. The molecule has 0 aromatic heterocycles. The summed E-state index contributed by atoms with van der Waals surface area (Å²) in [6.07, 6.45) is 4.02. The van der Waals surface area contributed by atoms with Crippen LogP contribution in [0.25, 0.3) is 0 Å². The van der Waals surface area contributed by atoms with Gasteiger partial charge in [0.1, 0.15) is 6.04 Å². The molecule has 1 aliphatic rings. The Balaban J connectivity index is 2.50. The van der Waals surface area contributed by atoms with E-state index in [4.69, 9.17) is 10.8 Å². The highest BCUT2D eigenvalue weighted by molar-refractivity contribution is 5.83. The zero-order valence-electron chi connectivity index (χ0n) is 11.1. The number of primary amides is 1. The van der Waals surface area contributed by atoms with Crippen LogP contribution in [0, 0.1) is 0 Å². The Labute approximate surface area is 112 Å². The van der Waals surface area contributed by atoms with E-state index in [0.29, 0.717) is 0 Å². The van der Waals surface area contributed by atoms with Crippen LogP contribution in [0.5, 0.6) is 0 Å². The molecule has 108 valence electrons. The molecule has 0 bridgehead atoms. The number of rotatable bonds is 6. The summed E-state index contributed by atoms with van der Waals surface area (Å²) in [6, 6.07) is -1.32. The first-order valence-corrected chi connectivity index (χ1v) is 6.46. The van der Waals surface area contributed by atoms with Crippen molar-refractivity contribution >= 4 is 17.9 Å². The number of nitrogens with two attached hydrogens (primary N) is 1. The summed E-state index contributed by atoms with van der Waals surface area (Å²) in [4.78, 5) is 35.1. The molecule has 0 aromatic carbocycles. The van der Waals surface area contributed by atoms with E-state index >= 15 is 0 Å². The van der Waals surface area contributed by atoms with E-state index < -0.39 is 23.9 Å². The predicted molar refractivity (Wildman–Crippen MR) is 68.4 cm³/mol. The van der Waals surface area contributed by atoms with Gasteiger partial charge in [0, 0.05) is 19.5 Å². The Morgan fingerprint density at radius 3 is 2.42 bits per heavy atom. The molecule has 1 aliphatic carbocycles. The van der Waals surface area contributed by atoms with Crippen molar-refractivity contribution in [3.8, 4) is 0 Å². The number of amides is 3. The van der Waals surface area contributed by atoms with Gasteiger partial charge in [-0.25, -0.2) is 9.59 Å². The Morgan fingerprint density at radius 2 is 1.95 bits per heavy atom. The summed E-state index contributed by atoms with van der Waals surface area (Å²) in [5, 5.41) is 11.4. The molecule has 0 spiro atoms. The monoisotopic (exact) mass is 271 g/mol. The van der Waals surface area contributed by atoms with Crippen LogP contribution in [0.3, 0.4) is 0 Å². The number of nitrogens with zero attached hydrogens (tertiary/aromatic N) is 1. The molecule has 19 heavy (non-hydrogen) atoms. The second-order valence-electron chi connectivity index (χ2n) is 4.89. The normalized spacial score (nSPS) is 16.9. The Kier molecular flexibility index (Phi) is 5.59. The van der Waals surface area contributed by atoms with Crippen molar-refractivity contribution in [3.05, 3.63) is 0 Å². The quantitative estimate of drug-likeness (QED) is 0.644. The van der Waals surface area contributed by atoms with Gasteiger partial charge in [0.05, 0.1) is 0 Å². The topological polar surface area (TPSA) is 113 Å². The van der Waals surface area contributed by atoms with Gasteiger partial charge < -0.3 is 21.1 Å². The maximum absolute atomic E-state index is 11.9. The van der Waals surface area contributed by atoms with E-state index in [1.54, 1.807) is 11.9 Å². The third kappa shape index (κ3) is 4.76. The van der Waals surface area contributed by atoms with Crippen LogP contribution in [0.15, 0.2) is 0 Å². The molecule has 7 heteroatoms. The minimum atomic E-state index is -1.16. The van der Waals surface area contributed by atoms with Crippen LogP contribution in [0.2, 0.25) is 0 Å². The van der Waals surface area contributed by atoms with Gasteiger partial charge in [0.25, 0.3) is 0 Å². The molecule has 0 unspecified atom stereocenters. The van der Waals surface area contributed by atoms with E-state index in [-0.39, 0.29) is 18.9 Å². The second-order valence-corrected chi connectivity index (χ2v) is 4.89. The van der Waals surface area contributed by atoms with Gasteiger partial charge in [0.15, 0.2) is 0 Å². The fourth-order valence-corrected chi connectivity index (χ4v) is 2.25. The molecule has 1 fully saturated rings. The third-order valence-electron chi connectivity index (χ3n) is 3.47. The zero-order chi connectivity index (χ0) is 14.4. The Morgan fingerprint density at radius 1 is 1.37 bits per heavy atom. The van der Waals surface area contributed by atoms with E-state index in [9.17, 15) is 14.4 Å². The van der Waals surface area contributed by atoms with Gasteiger partial charge in [-0.1, -0.05) is 12.8 Å². The zero-order valence-corrected chi connectivity index (χ0v) is 11.1. The molecule has 3 amide bonds. The van der Waals surface area contributed by atoms with Gasteiger partial charge in [-0.15, -0.1) is 0 Å². The van der Waals surface area contributed by atoms with Gasteiger partial charge >= 0.3 is 12.0 Å². The largest absolute Gasteiger partial charge is 0.480 e. The number of carbonyl (C=O) groups excluding carboxylic acids is 2. The first-order valence-electron chi connectivity index (χ1n) is 6.46. The summed E-state index contributed by atoms with van der Waals surface area (Å²) in [5.74, 6) is -1.74. The van der Waals surface area contributed by atoms with Crippen LogP contribution >= 0.6 is 0 Å². The smallest absolute Gasteiger partial charge is 0.326 e. The van der Waals surface area contributed by atoms with E-state index in [1.807, 2.05) is 0 Å². The van der Waals surface area contributed by atoms with Crippen molar-refractivity contribution < 1.29 is 19.5 Å². The lowest BCUT2D eigenvalue weighted by atomic mass is 10.1. The fraction of sp³-hybridized carbons (Fsp3) is 0.750. The second kappa shape index (κ2) is 6.96. The highest BCUT2D eigenvalue weighted by Crippen LogP contribution is 2.22.